The normalized spacial score (nSPS) is 12.1. The van der Waals surface area contributed by atoms with E-state index in [0.717, 1.165) is 42.9 Å². The summed E-state index contributed by atoms with van der Waals surface area (Å²) in [5.74, 6) is 0.757. The third kappa shape index (κ3) is 5.02. The lowest BCUT2D eigenvalue weighted by molar-refractivity contribution is -0.137. The Kier molecular flexibility index (Phi) is 5.70. The van der Waals surface area contributed by atoms with Crippen LogP contribution in [0.1, 0.15) is 36.7 Å². The maximum atomic E-state index is 12.5. The number of nitrogens with zero attached hydrogens (tertiary/aromatic N) is 5. The summed E-state index contributed by atoms with van der Waals surface area (Å²) in [5, 5.41) is 11.6. The second kappa shape index (κ2) is 7.54. The van der Waals surface area contributed by atoms with Crippen LogP contribution in [-0.4, -0.2) is 32.2 Å². The Labute approximate surface area is 133 Å². The molecule has 0 atom stereocenters. The molecule has 0 radical (unpaired) electrons. The van der Waals surface area contributed by atoms with Crippen molar-refractivity contribution in [2.75, 3.05) is 7.05 Å². The van der Waals surface area contributed by atoms with Crippen molar-refractivity contribution in [3.8, 4) is 0 Å². The van der Waals surface area contributed by atoms with E-state index in [-0.39, 0.29) is 0 Å². The van der Waals surface area contributed by atoms with Gasteiger partial charge in [-0.15, -0.1) is 5.10 Å². The monoisotopic (exact) mass is 327 g/mol. The van der Waals surface area contributed by atoms with Crippen molar-refractivity contribution in [3.05, 3.63) is 41.2 Å². The van der Waals surface area contributed by atoms with Crippen LogP contribution in [0.25, 0.3) is 0 Å². The quantitative estimate of drug-likeness (QED) is 0.784. The van der Waals surface area contributed by atoms with Gasteiger partial charge in [-0.25, -0.2) is 4.68 Å². The van der Waals surface area contributed by atoms with Crippen LogP contribution in [0.2, 0.25) is 0 Å². The molecule has 0 spiro atoms. The maximum absolute atomic E-state index is 12.5. The highest BCUT2D eigenvalue weighted by Crippen LogP contribution is 2.29. The van der Waals surface area contributed by atoms with E-state index in [0.29, 0.717) is 13.1 Å². The minimum absolute atomic E-state index is 0.527. The van der Waals surface area contributed by atoms with E-state index in [1.165, 1.54) is 12.1 Å². The molecule has 0 saturated carbocycles. The van der Waals surface area contributed by atoms with Gasteiger partial charge in [-0.3, -0.25) is 4.90 Å². The Bertz CT molecular complexity index is 606. The first-order valence-corrected chi connectivity index (χ1v) is 7.50. The molecule has 0 unspecified atom stereocenters. The third-order valence-corrected chi connectivity index (χ3v) is 3.47. The van der Waals surface area contributed by atoms with Gasteiger partial charge in [0.05, 0.1) is 12.1 Å². The number of halogens is 3. The van der Waals surface area contributed by atoms with Gasteiger partial charge in [0, 0.05) is 13.1 Å². The first kappa shape index (κ1) is 17.4. The second-order valence-corrected chi connectivity index (χ2v) is 5.54. The minimum Gasteiger partial charge on any atom is -0.295 e. The third-order valence-electron chi connectivity index (χ3n) is 3.47. The molecule has 0 N–H and O–H groups in total. The number of aromatic nitrogens is 4. The molecule has 126 valence electrons. The summed E-state index contributed by atoms with van der Waals surface area (Å²) in [4.78, 5) is 1.97. The molecule has 1 aromatic carbocycles. The SMILES string of the molecule is CCCCn1nnnc1CN(C)Cc1ccc(C(F)(F)F)cc1. The number of unbranched alkanes of at least 4 members (excludes halogenated alkanes) is 1. The molecule has 0 fully saturated rings. The average Bonchev–Trinajstić information content (AvgIpc) is 2.91. The standard InChI is InChI=1S/C15H20F3N5/c1-3-4-9-23-14(19-20-21-23)11-22(2)10-12-5-7-13(8-6-12)15(16,17)18/h5-8H,3-4,9-11H2,1-2H3. The van der Waals surface area contributed by atoms with Gasteiger partial charge < -0.3 is 0 Å². The summed E-state index contributed by atoms with van der Waals surface area (Å²) in [5.41, 5.74) is 0.181. The fourth-order valence-electron chi connectivity index (χ4n) is 2.23. The molecule has 0 saturated heterocycles. The van der Waals surface area contributed by atoms with Gasteiger partial charge >= 0.3 is 6.18 Å². The number of benzene rings is 1. The molecular weight excluding hydrogens is 307 g/mol. The molecule has 1 aromatic heterocycles. The smallest absolute Gasteiger partial charge is 0.295 e. The van der Waals surface area contributed by atoms with Crippen molar-refractivity contribution in [2.24, 2.45) is 0 Å². The zero-order valence-corrected chi connectivity index (χ0v) is 13.2. The van der Waals surface area contributed by atoms with Crippen LogP contribution in [0.4, 0.5) is 13.2 Å². The zero-order valence-electron chi connectivity index (χ0n) is 13.2. The summed E-state index contributed by atoms with van der Waals surface area (Å²) >= 11 is 0. The van der Waals surface area contributed by atoms with E-state index in [1.807, 2.05) is 11.9 Å². The molecular formula is C15H20F3N5. The van der Waals surface area contributed by atoms with Gasteiger partial charge in [-0.1, -0.05) is 25.5 Å². The highest BCUT2D eigenvalue weighted by Gasteiger charge is 2.29. The molecule has 0 aliphatic heterocycles. The minimum atomic E-state index is -4.30. The molecule has 23 heavy (non-hydrogen) atoms. The Morgan fingerprint density at radius 3 is 2.43 bits per heavy atom. The van der Waals surface area contributed by atoms with Crippen LogP contribution in [0, 0.1) is 0 Å². The molecule has 8 heteroatoms. The number of tetrazole rings is 1. The number of rotatable bonds is 7. The molecule has 2 rings (SSSR count). The van der Waals surface area contributed by atoms with Crippen molar-refractivity contribution in [2.45, 2.75) is 45.6 Å². The fourth-order valence-corrected chi connectivity index (χ4v) is 2.23. The van der Waals surface area contributed by atoms with Gasteiger partial charge in [0.25, 0.3) is 0 Å². The molecule has 1 heterocycles. The molecule has 0 amide bonds. The molecule has 2 aromatic rings. The van der Waals surface area contributed by atoms with E-state index >= 15 is 0 Å². The molecule has 0 aliphatic rings. The van der Waals surface area contributed by atoms with Gasteiger partial charge in [0.2, 0.25) is 0 Å². The van der Waals surface area contributed by atoms with E-state index in [1.54, 1.807) is 4.68 Å². The Morgan fingerprint density at radius 2 is 1.83 bits per heavy atom. The maximum Gasteiger partial charge on any atom is 0.416 e. The van der Waals surface area contributed by atoms with E-state index in [4.69, 9.17) is 0 Å². The fraction of sp³-hybridized carbons (Fsp3) is 0.533. The number of hydrogen-bond acceptors (Lipinski definition) is 4. The van der Waals surface area contributed by atoms with Gasteiger partial charge in [-0.05, 0) is 41.6 Å². The van der Waals surface area contributed by atoms with Crippen molar-refractivity contribution in [1.29, 1.82) is 0 Å². The van der Waals surface area contributed by atoms with Gasteiger partial charge in [0.15, 0.2) is 5.82 Å². The lowest BCUT2D eigenvalue weighted by atomic mass is 10.1. The summed E-state index contributed by atoms with van der Waals surface area (Å²) < 4.78 is 39.4. The first-order valence-electron chi connectivity index (χ1n) is 7.50. The Morgan fingerprint density at radius 1 is 1.13 bits per heavy atom. The molecule has 0 aliphatic carbocycles. The highest BCUT2D eigenvalue weighted by atomic mass is 19.4. The number of aryl methyl sites for hydroxylation is 1. The molecule has 0 bridgehead atoms. The molecule has 5 nitrogen and oxygen atoms in total. The van der Waals surface area contributed by atoms with Crippen molar-refractivity contribution >= 4 is 0 Å². The van der Waals surface area contributed by atoms with Crippen molar-refractivity contribution < 1.29 is 13.2 Å². The lowest BCUT2D eigenvalue weighted by Crippen LogP contribution is -2.20. The predicted octanol–water partition coefficient (Wildman–Crippen LogP) is 3.12. The average molecular weight is 327 g/mol. The van der Waals surface area contributed by atoms with E-state index < -0.39 is 11.7 Å². The van der Waals surface area contributed by atoms with Gasteiger partial charge in [0.1, 0.15) is 0 Å². The van der Waals surface area contributed by atoms with Crippen LogP contribution in [0.5, 0.6) is 0 Å². The number of hydrogen-bond donors (Lipinski definition) is 0. The zero-order chi connectivity index (χ0) is 16.9. The summed E-state index contributed by atoms with van der Waals surface area (Å²) in [6.07, 6.45) is -2.24. The second-order valence-electron chi connectivity index (χ2n) is 5.54. The van der Waals surface area contributed by atoms with Gasteiger partial charge in [-0.2, -0.15) is 13.2 Å². The first-order chi connectivity index (χ1) is 10.9. The Balaban J connectivity index is 1.94. The topological polar surface area (TPSA) is 46.8 Å². The predicted molar refractivity (Wildman–Crippen MR) is 79.3 cm³/mol. The van der Waals surface area contributed by atoms with Crippen molar-refractivity contribution in [3.63, 3.8) is 0 Å². The largest absolute Gasteiger partial charge is 0.416 e. The summed E-state index contributed by atoms with van der Waals surface area (Å²) in [7, 11) is 1.89. The highest BCUT2D eigenvalue weighted by molar-refractivity contribution is 5.24. The van der Waals surface area contributed by atoms with Crippen LogP contribution in [-0.2, 0) is 25.8 Å². The van der Waals surface area contributed by atoms with Crippen LogP contribution in [0.3, 0.4) is 0 Å². The Hall–Kier alpha value is -1.96. The van der Waals surface area contributed by atoms with E-state index in [2.05, 4.69) is 22.4 Å². The van der Waals surface area contributed by atoms with Crippen LogP contribution in [0.15, 0.2) is 24.3 Å². The van der Waals surface area contributed by atoms with Crippen molar-refractivity contribution in [1.82, 2.24) is 25.1 Å². The van der Waals surface area contributed by atoms with Crippen LogP contribution >= 0.6 is 0 Å². The van der Waals surface area contributed by atoms with Crippen LogP contribution < -0.4 is 0 Å². The number of alkyl halides is 3. The summed E-state index contributed by atoms with van der Waals surface area (Å²) in [6.45, 7) is 3.93. The summed E-state index contributed by atoms with van der Waals surface area (Å²) in [6, 6.07) is 5.21. The van der Waals surface area contributed by atoms with E-state index in [9.17, 15) is 13.2 Å². The lowest BCUT2D eigenvalue weighted by Gasteiger charge is -2.16.